The van der Waals surface area contributed by atoms with Crippen LogP contribution in [0.25, 0.3) is 0 Å². The minimum Gasteiger partial charge on any atom is -0.472 e. The molecule has 1 aliphatic rings. The van der Waals surface area contributed by atoms with Gasteiger partial charge in [0, 0.05) is 25.2 Å². The molecular formula is C13H20N2O2. The van der Waals surface area contributed by atoms with Gasteiger partial charge in [-0.05, 0) is 24.6 Å². The molecule has 0 saturated carbocycles. The van der Waals surface area contributed by atoms with Crippen molar-refractivity contribution in [1.82, 2.24) is 10.3 Å². The van der Waals surface area contributed by atoms with Crippen molar-refractivity contribution in [2.75, 3.05) is 19.8 Å². The van der Waals surface area contributed by atoms with Gasteiger partial charge >= 0.3 is 0 Å². The van der Waals surface area contributed by atoms with Crippen LogP contribution in [0.5, 0.6) is 5.88 Å². The topological polar surface area (TPSA) is 43.4 Å². The standard InChI is InChI=1S/C13H20N2O2/c1-2-5-14-9-11-3-6-15-13(8-11)17-12-4-7-16-10-12/h3,6,8,12,14H,2,4-5,7,9-10H2,1H3. The molecule has 4 heteroatoms. The van der Waals surface area contributed by atoms with Crippen molar-refractivity contribution in [1.29, 1.82) is 0 Å². The largest absolute Gasteiger partial charge is 0.472 e. The average Bonchev–Trinajstić information content (AvgIpc) is 2.83. The van der Waals surface area contributed by atoms with E-state index in [-0.39, 0.29) is 6.10 Å². The highest BCUT2D eigenvalue weighted by Gasteiger charge is 2.17. The lowest BCUT2D eigenvalue weighted by Gasteiger charge is -2.11. The number of hydrogen-bond donors (Lipinski definition) is 1. The zero-order valence-electron chi connectivity index (χ0n) is 10.3. The van der Waals surface area contributed by atoms with Crippen molar-refractivity contribution in [3.8, 4) is 5.88 Å². The van der Waals surface area contributed by atoms with E-state index in [1.165, 1.54) is 5.56 Å². The van der Waals surface area contributed by atoms with Gasteiger partial charge in [-0.15, -0.1) is 0 Å². The Kier molecular flexibility index (Phi) is 4.76. The van der Waals surface area contributed by atoms with E-state index in [1.807, 2.05) is 12.1 Å². The van der Waals surface area contributed by atoms with Crippen LogP contribution in [0.15, 0.2) is 18.3 Å². The van der Waals surface area contributed by atoms with Gasteiger partial charge in [-0.2, -0.15) is 0 Å². The lowest BCUT2D eigenvalue weighted by atomic mass is 10.2. The monoisotopic (exact) mass is 236 g/mol. The molecular weight excluding hydrogens is 216 g/mol. The molecule has 2 heterocycles. The molecule has 1 aromatic heterocycles. The number of nitrogens with one attached hydrogen (secondary N) is 1. The van der Waals surface area contributed by atoms with Crippen molar-refractivity contribution in [3.05, 3.63) is 23.9 Å². The van der Waals surface area contributed by atoms with Crippen molar-refractivity contribution >= 4 is 0 Å². The lowest BCUT2D eigenvalue weighted by molar-refractivity contribution is 0.138. The van der Waals surface area contributed by atoms with Crippen LogP contribution in [-0.2, 0) is 11.3 Å². The summed E-state index contributed by atoms with van der Waals surface area (Å²) >= 11 is 0. The molecule has 1 fully saturated rings. The minimum atomic E-state index is 0.168. The molecule has 94 valence electrons. The normalized spacial score (nSPS) is 19.5. The predicted molar refractivity (Wildman–Crippen MR) is 66.1 cm³/mol. The zero-order chi connectivity index (χ0) is 11.9. The third-order valence-corrected chi connectivity index (χ3v) is 2.73. The summed E-state index contributed by atoms with van der Waals surface area (Å²) in [6, 6.07) is 4.02. The highest BCUT2D eigenvalue weighted by atomic mass is 16.5. The highest BCUT2D eigenvalue weighted by Crippen LogP contribution is 2.15. The molecule has 1 saturated heterocycles. The Hall–Kier alpha value is -1.13. The Balaban J connectivity index is 1.86. The Labute approximate surface area is 102 Å². The number of aromatic nitrogens is 1. The molecule has 1 N–H and O–H groups in total. The van der Waals surface area contributed by atoms with Gasteiger partial charge < -0.3 is 14.8 Å². The van der Waals surface area contributed by atoms with E-state index in [9.17, 15) is 0 Å². The van der Waals surface area contributed by atoms with E-state index in [2.05, 4.69) is 17.2 Å². The maximum Gasteiger partial charge on any atom is 0.213 e. The molecule has 2 rings (SSSR count). The molecule has 17 heavy (non-hydrogen) atoms. The first-order chi connectivity index (χ1) is 8.38. The van der Waals surface area contributed by atoms with Crippen molar-refractivity contribution in [2.24, 2.45) is 0 Å². The van der Waals surface area contributed by atoms with Crippen LogP contribution < -0.4 is 10.1 Å². The van der Waals surface area contributed by atoms with Gasteiger partial charge in [-0.25, -0.2) is 4.98 Å². The number of ether oxygens (including phenoxy) is 2. The third-order valence-electron chi connectivity index (χ3n) is 2.73. The molecule has 0 aliphatic carbocycles. The lowest BCUT2D eigenvalue weighted by Crippen LogP contribution is -2.17. The number of nitrogens with zero attached hydrogens (tertiary/aromatic N) is 1. The summed E-state index contributed by atoms with van der Waals surface area (Å²) in [5.74, 6) is 0.705. The van der Waals surface area contributed by atoms with Crippen LogP contribution in [0.2, 0.25) is 0 Å². The summed E-state index contributed by atoms with van der Waals surface area (Å²) in [6.07, 6.45) is 4.07. The van der Waals surface area contributed by atoms with Crippen LogP contribution in [-0.4, -0.2) is 30.8 Å². The predicted octanol–water partition coefficient (Wildman–Crippen LogP) is 1.75. The van der Waals surface area contributed by atoms with Gasteiger partial charge in [0.15, 0.2) is 0 Å². The maximum atomic E-state index is 5.76. The molecule has 0 amide bonds. The summed E-state index contributed by atoms with van der Waals surface area (Å²) < 4.78 is 11.0. The van der Waals surface area contributed by atoms with Gasteiger partial charge in [0.1, 0.15) is 6.10 Å². The first kappa shape index (κ1) is 12.3. The summed E-state index contributed by atoms with van der Waals surface area (Å²) in [5, 5.41) is 3.36. The van der Waals surface area contributed by atoms with Crippen LogP contribution >= 0.6 is 0 Å². The minimum absolute atomic E-state index is 0.168. The Morgan fingerprint density at radius 2 is 2.53 bits per heavy atom. The first-order valence-corrected chi connectivity index (χ1v) is 6.28. The van der Waals surface area contributed by atoms with Crippen LogP contribution in [0.1, 0.15) is 25.3 Å². The molecule has 0 radical (unpaired) electrons. The fourth-order valence-corrected chi connectivity index (χ4v) is 1.81. The Morgan fingerprint density at radius 1 is 1.59 bits per heavy atom. The van der Waals surface area contributed by atoms with Gasteiger partial charge in [0.2, 0.25) is 5.88 Å². The van der Waals surface area contributed by atoms with Gasteiger partial charge in [-0.3, -0.25) is 0 Å². The summed E-state index contributed by atoms with van der Waals surface area (Å²) in [5.41, 5.74) is 1.21. The molecule has 0 aromatic carbocycles. The first-order valence-electron chi connectivity index (χ1n) is 6.28. The maximum absolute atomic E-state index is 5.76. The van der Waals surface area contributed by atoms with E-state index in [4.69, 9.17) is 9.47 Å². The summed E-state index contributed by atoms with van der Waals surface area (Å²) in [4.78, 5) is 4.23. The van der Waals surface area contributed by atoms with Crippen LogP contribution in [0, 0.1) is 0 Å². The fourth-order valence-electron chi connectivity index (χ4n) is 1.81. The Morgan fingerprint density at radius 3 is 3.29 bits per heavy atom. The highest BCUT2D eigenvalue weighted by molar-refractivity contribution is 5.20. The molecule has 1 unspecified atom stereocenters. The second kappa shape index (κ2) is 6.57. The van der Waals surface area contributed by atoms with E-state index in [1.54, 1.807) is 6.20 Å². The number of rotatable bonds is 6. The molecule has 4 nitrogen and oxygen atoms in total. The van der Waals surface area contributed by atoms with Crippen molar-refractivity contribution < 1.29 is 9.47 Å². The third kappa shape index (κ3) is 3.98. The van der Waals surface area contributed by atoms with E-state index < -0.39 is 0 Å². The molecule has 1 aliphatic heterocycles. The Bertz CT molecular complexity index is 338. The van der Waals surface area contributed by atoms with Crippen LogP contribution in [0.3, 0.4) is 0 Å². The van der Waals surface area contributed by atoms with Crippen molar-refractivity contribution in [3.63, 3.8) is 0 Å². The molecule has 0 spiro atoms. The van der Waals surface area contributed by atoms with E-state index >= 15 is 0 Å². The zero-order valence-corrected chi connectivity index (χ0v) is 10.3. The molecule has 1 aromatic rings. The number of hydrogen-bond acceptors (Lipinski definition) is 4. The van der Waals surface area contributed by atoms with Gasteiger partial charge in [0.25, 0.3) is 0 Å². The van der Waals surface area contributed by atoms with Crippen LogP contribution in [0.4, 0.5) is 0 Å². The summed E-state index contributed by atoms with van der Waals surface area (Å²) in [7, 11) is 0. The number of pyridine rings is 1. The smallest absolute Gasteiger partial charge is 0.213 e. The second-order valence-corrected chi connectivity index (χ2v) is 4.28. The molecule has 0 bridgehead atoms. The van der Waals surface area contributed by atoms with Gasteiger partial charge in [-0.1, -0.05) is 6.92 Å². The van der Waals surface area contributed by atoms with Crippen molar-refractivity contribution in [2.45, 2.75) is 32.4 Å². The van der Waals surface area contributed by atoms with E-state index in [0.717, 1.165) is 32.5 Å². The second-order valence-electron chi connectivity index (χ2n) is 4.28. The molecule has 1 atom stereocenters. The SMILES string of the molecule is CCCNCc1ccnc(OC2CCOC2)c1. The average molecular weight is 236 g/mol. The van der Waals surface area contributed by atoms with E-state index in [0.29, 0.717) is 12.5 Å². The summed E-state index contributed by atoms with van der Waals surface area (Å²) in [6.45, 7) is 5.54. The fraction of sp³-hybridized carbons (Fsp3) is 0.615. The quantitative estimate of drug-likeness (QED) is 0.764. The van der Waals surface area contributed by atoms with Gasteiger partial charge in [0.05, 0.1) is 13.2 Å².